The number of halogens is 2. The van der Waals surface area contributed by atoms with Crippen molar-refractivity contribution in [3.63, 3.8) is 0 Å². The van der Waals surface area contributed by atoms with Crippen LogP contribution in [0.1, 0.15) is 22.9 Å². The molecule has 0 bridgehead atoms. The van der Waals surface area contributed by atoms with Crippen molar-refractivity contribution in [3.8, 4) is 0 Å². The van der Waals surface area contributed by atoms with Crippen LogP contribution in [0.4, 0.5) is 4.39 Å². The average Bonchev–Trinajstić information content (AvgIpc) is 3.11. The molecule has 0 radical (unpaired) electrons. The summed E-state index contributed by atoms with van der Waals surface area (Å²) in [6, 6.07) is 8.82. The zero-order valence-corrected chi connectivity index (χ0v) is 17.6. The van der Waals surface area contributed by atoms with Gasteiger partial charge in [-0.2, -0.15) is 0 Å². The van der Waals surface area contributed by atoms with Gasteiger partial charge in [0.05, 0.1) is 17.5 Å². The number of aliphatic hydroxyl groups excluding tert-OH is 1. The highest BCUT2D eigenvalue weighted by atomic mass is 35.5. The van der Waals surface area contributed by atoms with E-state index in [0.29, 0.717) is 12.1 Å². The van der Waals surface area contributed by atoms with Gasteiger partial charge in [-0.15, -0.1) is 11.3 Å². The van der Waals surface area contributed by atoms with Crippen LogP contribution in [0.3, 0.4) is 0 Å². The molecular weight excluding hydrogens is 399 g/mol. The Labute approximate surface area is 174 Å². The number of nitrogens with one attached hydrogen (secondary N) is 1. The predicted molar refractivity (Wildman–Crippen MR) is 113 cm³/mol. The lowest BCUT2D eigenvalue weighted by atomic mass is 10.1. The Morgan fingerprint density at radius 2 is 2.04 bits per heavy atom. The number of piperazine rings is 1. The van der Waals surface area contributed by atoms with E-state index in [1.54, 1.807) is 23.5 Å². The summed E-state index contributed by atoms with van der Waals surface area (Å²) in [5.41, 5.74) is 1.19. The lowest BCUT2D eigenvalue weighted by molar-refractivity contribution is 0.173. The first kappa shape index (κ1) is 21.0. The Bertz CT molecular complexity index is 805. The van der Waals surface area contributed by atoms with Crippen LogP contribution in [0.25, 0.3) is 0 Å². The van der Waals surface area contributed by atoms with Crippen molar-refractivity contribution >= 4 is 28.9 Å². The van der Waals surface area contributed by atoms with E-state index in [1.165, 1.54) is 10.9 Å². The van der Waals surface area contributed by atoms with E-state index in [-0.39, 0.29) is 12.4 Å². The fourth-order valence-electron chi connectivity index (χ4n) is 3.21. The van der Waals surface area contributed by atoms with Gasteiger partial charge in [0, 0.05) is 49.7 Å². The fourth-order valence-corrected chi connectivity index (χ4v) is 4.34. The molecule has 2 N–H and O–H groups in total. The van der Waals surface area contributed by atoms with Crippen LogP contribution in [0.15, 0.2) is 35.3 Å². The van der Waals surface area contributed by atoms with Gasteiger partial charge in [0.25, 0.3) is 0 Å². The minimum Gasteiger partial charge on any atom is -0.392 e. The van der Waals surface area contributed by atoms with E-state index in [0.717, 1.165) is 55.1 Å². The van der Waals surface area contributed by atoms with E-state index in [1.807, 2.05) is 13.0 Å². The first-order chi connectivity index (χ1) is 13.6. The first-order valence-electron chi connectivity index (χ1n) is 9.47. The lowest BCUT2D eigenvalue weighted by Crippen LogP contribution is -2.52. The van der Waals surface area contributed by atoms with E-state index in [9.17, 15) is 9.50 Å². The Kier molecular flexibility index (Phi) is 7.67. The maximum Gasteiger partial charge on any atom is 0.194 e. The maximum atomic E-state index is 13.5. The van der Waals surface area contributed by atoms with E-state index in [2.05, 4.69) is 21.2 Å². The second-order valence-electron chi connectivity index (χ2n) is 6.72. The van der Waals surface area contributed by atoms with Crippen LogP contribution in [0.5, 0.6) is 0 Å². The maximum absolute atomic E-state index is 13.5. The Balaban J connectivity index is 1.58. The Morgan fingerprint density at radius 1 is 1.25 bits per heavy atom. The van der Waals surface area contributed by atoms with Crippen LogP contribution in [-0.2, 0) is 19.7 Å². The van der Waals surface area contributed by atoms with Crippen molar-refractivity contribution < 1.29 is 9.50 Å². The molecule has 2 aromatic rings. The number of guanidine groups is 1. The molecule has 1 aliphatic heterocycles. The van der Waals surface area contributed by atoms with Gasteiger partial charge < -0.3 is 15.3 Å². The summed E-state index contributed by atoms with van der Waals surface area (Å²) in [5, 5.41) is 12.6. The molecule has 0 saturated carbocycles. The third-order valence-electron chi connectivity index (χ3n) is 4.71. The highest BCUT2D eigenvalue weighted by molar-refractivity contribution is 7.16. The molecule has 152 valence electrons. The summed E-state index contributed by atoms with van der Waals surface area (Å²) >= 11 is 7.66. The number of nitrogens with zero attached hydrogens (tertiary/aromatic N) is 3. The Morgan fingerprint density at radius 3 is 2.68 bits per heavy atom. The molecule has 0 spiro atoms. The van der Waals surface area contributed by atoms with Crippen LogP contribution >= 0.6 is 22.9 Å². The number of hydrogen-bond donors (Lipinski definition) is 2. The van der Waals surface area contributed by atoms with Gasteiger partial charge >= 0.3 is 0 Å². The SMILES string of the molecule is CCNC(=NCc1ccc(F)c(CO)c1)N1CCN(Cc2ccc(Cl)s2)CC1. The number of rotatable bonds is 6. The molecule has 1 fully saturated rings. The molecule has 1 aliphatic rings. The van der Waals surface area contributed by atoms with Crippen LogP contribution in [-0.4, -0.2) is 53.6 Å². The third kappa shape index (κ3) is 5.67. The minimum atomic E-state index is -0.384. The molecule has 0 unspecified atom stereocenters. The number of aliphatic hydroxyl groups is 1. The standard InChI is InChI=1S/C20H26ClFN4OS/c1-2-23-20(24-12-15-3-5-18(22)16(11-15)14-27)26-9-7-25(8-10-26)13-17-4-6-19(21)28-17/h3-6,11,27H,2,7-10,12-14H2,1H3,(H,23,24). The smallest absolute Gasteiger partial charge is 0.194 e. The minimum absolute atomic E-state index is 0.305. The molecule has 0 aliphatic carbocycles. The molecule has 28 heavy (non-hydrogen) atoms. The van der Waals surface area contributed by atoms with Gasteiger partial charge in [-0.3, -0.25) is 4.90 Å². The highest BCUT2D eigenvalue weighted by Gasteiger charge is 2.20. The average molecular weight is 425 g/mol. The van der Waals surface area contributed by atoms with Crippen LogP contribution in [0, 0.1) is 5.82 Å². The van der Waals surface area contributed by atoms with Crippen molar-refractivity contribution in [2.75, 3.05) is 32.7 Å². The van der Waals surface area contributed by atoms with Crippen molar-refractivity contribution in [3.05, 3.63) is 56.5 Å². The molecule has 1 aromatic carbocycles. The Hall–Kier alpha value is -1.67. The molecule has 0 amide bonds. The molecule has 2 heterocycles. The van der Waals surface area contributed by atoms with Crippen molar-refractivity contribution in [1.82, 2.24) is 15.1 Å². The summed E-state index contributed by atoms with van der Waals surface area (Å²) in [7, 11) is 0. The van der Waals surface area contributed by atoms with Crippen molar-refractivity contribution in [2.24, 2.45) is 4.99 Å². The molecular formula is C20H26ClFN4OS. The third-order valence-corrected chi connectivity index (χ3v) is 5.92. The summed E-state index contributed by atoms with van der Waals surface area (Å²) in [6.45, 7) is 7.64. The quantitative estimate of drug-likeness (QED) is 0.551. The number of thiophene rings is 1. The second kappa shape index (κ2) is 10.2. The summed E-state index contributed by atoms with van der Waals surface area (Å²) in [6.07, 6.45) is 0. The normalized spacial score (nSPS) is 15.9. The summed E-state index contributed by atoms with van der Waals surface area (Å²) in [5.74, 6) is 0.487. The van der Waals surface area contributed by atoms with E-state index in [4.69, 9.17) is 16.6 Å². The van der Waals surface area contributed by atoms with Crippen molar-refractivity contribution in [1.29, 1.82) is 0 Å². The van der Waals surface area contributed by atoms with Gasteiger partial charge in [0.2, 0.25) is 0 Å². The monoisotopic (exact) mass is 424 g/mol. The first-order valence-corrected chi connectivity index (χ1v) is 10.7. The van der Waals surface area contributed by atoms with Gasteiger partial charge in [-0.1, -0.05) is 17.7 Å². The summed E-state index contributed by atoms with van der Waals surface area (Å²) < 4.78 is 14.4. The molecule has 0 atom stereocenters. The van der Waals surface area contributed by atoms with Crippen molar-refractivity contribution in [2.45, 2.75) is 26.6 Å². The topological polar surface area (TPSA) is 51.1 Å². The van der Waals surface area contributed by atoms with Gasteiger partial charge in [0.1, 0.15) is 5.82 Å². The number of hydrogen-bond acceptors (Lipinski definition) is 4. The van der Waals surface area contributed by atoms with E-state index >= 15 is 0 Å². The zero-order valence-electron chi connectivity index (χ0n) is 16.0. The fraction of sp³-hybridized carbons (Fsp3) is 0.450. The molecule has 1 aromatic heterocycles. The predicted octanol–water partition coefficient (Wildman–Crippen LogP) is 3.32. The molecule has 1 saturated heterocycles. The van der Waals surface area contributed by atoms with Crippen LogP contribution in [0.2, 0.25) is 4.34 Å². The molecule has 3 rings (SSSR count). The number of aliphatic imine (C=N–C) groups is 1. The second-order valence-corrected chi connectivity index (χ2v) is 8.52. The van der Waals surface area contributed by atoms with Gasteiger partial charge in [-0.25, -0.2) is 9.38 Å². The zero-order chi connectivity index (χ0) is 19.9. The van der Waals surface area contributed by atoms with Gasteiger partial charge in [0.15, 0.2) is 5.96 Å². The highest BCUT2D eigenvalue weighted by Crippen LogP contribution is 2.23. The molecule has 8 heteroatoms. The van der Waals surface area contributed by atoms with Gasteiger partial charge in [-0.05, 0) is 36.8 Å². The molecule has 5 nitrogen and oxygen atoms in total. The largest absolute Gasteiger partial charge is 0.392 e. The number of benzene rings is 1. The summed E-state index contributed by atoms with van der Waals surface area (Å²) in [4.78, 5) is 10.7. The van der Waals surface area contributed by atoms with Crippen LogP contribution < -0.4 is 5.32 Å². The lowest BCUT2D eigenvalue weighted by Gasteiger charge is -2.36. The van der Waals surface area contributed by atoms with E-state index < -0.39 is 0 Å².